The Morgan fingerprint density at radius 2 is 1.91 bits per heavy atom. The summed E-state index contributed by atoms with van der Waals surface area (Å²) in [5.74, 6) is 0.216. The van der Waals surface area contributed by atoms with Crippen LogP contribution in [0.2, 0.25) is 0 Å². The number of thiazole rings is 1. The molecule has 10 heteroatoms. The molecule has 2 heterocycles. The van der Waals surface area contributed by atoms with E-state index in [0.717, 1.165) is 32.4 Å². The highest BCUT2D eigenvalue weighted by Crippen LogP contribution is 2.36. The summed E-state index contributed by atoms with van der Waals surface area (Å²) in [6.07, 6.45) is 0. The Bertz CT molecular complexity index is 1280. The van der Waals surface area contributed by atoms with Crippen molar-refractivity contribution in [2.75, 3.05) is 10.2 Å². The van der Waals surface area contributed by atoms with E-state index >= 15 is 0 Å². The quantitative estimate of drug-likeness (QED) is 0.283. The number of benzene rings is 2. The maximum Gasteiger partial charge on any atom is 0.230 e. The van der Waals surface area contributed by atoms with Crippen molar-refractivity contribution in [2.45, 2.75) is 37.8 Å². The molecule has 0 radical (unpaired) electrons. The van der Waals surface area contributed by atoms with Gasteiger partial charge in [-0.05, 0) is 50.1 Å². The minimum absolute atomic E-state index is 0.0733. The number of hydrogen-bond donors (Lipinski definition) is 1. The van der Waals surface area contributed by atoms with Crippen LogP contribution in [0.25, 0.3) is 0 Å². The van der Waals surface area contributed by atoms with Gasteiger partial charge < -0.3 is 5.32 Å². The lowest BCUT2D eigenvalue weighted by atomic mass is 10.0. The lowest BCUT2D eigenvalue weighted by Crippen LogP contribution is -2.24. The number of carbonyl (C=O) groups excluding carboxylic acids is 1. The number of carbonyl (C=O) groups is 1. The summed E-state index contributed by atoms with van der Waals surface area (Å²) in [5, 5.41) is 14.6. The average molecular weight is 500 g/mol. The van der Waals surface area contributed by atoms with Gasteiger partial charge in [-0.25, -0.2) is 9.37 Å². The van der Waals surface area contributed by atoms with E-state index in [-0.39, 0.29) is 11.7 Å². The predicted molar refractivity (Wildman–Crippen MR) is 135 cm³/mol. The summed E-state index contributed by atoms with van der Waals surface area (Å²) < 4.78 is 14.1. The first-order valence-corrected chi connectivity index (χ1v) is 12.8. The lowest BCUT2D eigenvalue weighted by Gasteiger charge is -2.23. The van der Waals surface area contributed by atoms with Crippen LogP contribution >= 0.6 is 34.4 Å². The molecule has 1 amide bonds. The third kappa shape index (κ3) is 5.58. The molecule has 0 atom stereocenters. The van der Waals surface area contributed by atoms with E-state index in [9.17, 15) is 9.18 Å². The predicted octanol–water partition coefficient (Wildman–Crippen LogP) is 6.78. The molecule has 0 aliphatic carbocycles. The number of anilines is 4. The molecule has 0 saturated carbocycles. The summed E-state index contributed by atoms with van der Waals surface area (Å²) in [6, 6.07) is 10.4. The van der Waals surface area contributed by atoms with Crippen LogP contribution in [0, 0.1) is 26.6 Å². The molecular weight excluding hydrogens is 477 g/mol. The monoisotopic (exact) mass is 499 g/mol. The third-order valence-electron chi connectivity index (χ3n) is 4.73. The van der Waals surface area contributed by atoms with E-state index in [0.29, 0.717) is 21.7 Å². The maximum absolute atomic E-state index is 13.4. The molecule has 0 fully saturated rings. The zero-order valence-corrected chi connectivity index (χ0v) is 21.0. The maximum atomic E-state index is 13.4. The molecule has 1 N–H and O–H groups in total. The molecule has 0 bridgehead atoms. The number of aryl methyl sites for hydroxylation is 3. The van der Waals surface area contributed by atoms with Crippen LogP contribution in [0.4, 0.5) is 26.0 Å². The Labute approximate surface area is 203 Å². The molecule has 0 spiro atoms. The molecule has 0 aliphatic heterocycles. The van der Waals surface area contributed by atoms with Crippen LogP contribution in [0.5, 0.6) is 0 Å². The Kier molecular flexibility index (Phi) is 7.06. The van der Waals surface area contributed by atoms with Crippen molar-refractivity contribution in [3.8, 4) is 0 Å². The third-order valence-corrected chi connectivity index (χ3v) is 7.61. The normalized spacial score (nSPS) is 10.9. The molecule has 4 rings (SSSR count). The largest absolute Gasteiger partial charge is 0.330 e. The van der Waals surface area contributed by atoms with E-state index in [1.807, 2.05) is 26.2 Å². The van der Waals surface area contributed by atoms with Crippen molar-refractivity contribution in [3.63, 3.8) is 0 Å². The van der Waals surface area contributed by atoms with Gasteiger partial charge in [0.1, 0.15) is 5.82 Å². The minimum Gasteiger partial charge on any atom is -0.330 e. The lowest BCUT2D eigenvalue weighted by molar-refractivity contribution is -0.115. The molecule has 170 valence electrons. The van der Waals surface area contributed by atoms with Gasteiger partial charge in [-0.2, -0.15) is 0 Å². The van der Waals surface area contributed by atoms with Gasteiger partial charge in [-0.1, -0.05) is 46.9 Å². The van der Waals surface area contributed by atoms with E-state index in [2.05, 4.69) is 27.6 Å². The van der Waals surface area contributed by atoms with Gasteiger partial charge >= 0.3 is 0 Å². The summed E-state index contributed by atoms with van der Waals surface area (Å²) in [4.78, 5) is 18.9. The Morgan fingerprint density at radius 1 is 1.15 bits per heavy atom. The first-order valence-electron chi connectivity index (χ1n) is 10.1. The van der Waals surface area contributed by atoms with Crippen molar-refractivity contribution in [3.05, 3.63) is 70.0 Å². The topological polar surface area (TPSA) is 71.0 Å². The molecule has 33 heavy (non-hydrogen) atoms. The molecule has 2 aromatic heterocycles. The summed E-state index contributed by atoms with van der Waals surface area (Å²) in [7, 11) is 0. The van der Waals surface area contributed by atoms with Gasteiger partial charge in [-0.3, -0.25) is 9.69 Å². The smallest absolute Gasteiger partial charge is 0.230 e. The van der Waals surface area contributed by atoms with Gasteiger partial charge in [0.2, 0.25) is 11.0 Å². The van der Waals surface area contributed by atoms with Crippen molar-refractivity contribution in [1.82, 2.24) is 15.2 Å². The Morgan fingerprint density at radius 3 is 2.61 bits per heavy atom. The highest BCUT2D eigenvalue weighted by atomic mass is 32.2. The number of aromatic nitrogens is 3. The fourth-order valence-corrected chi connectivity index (χ4v) is 6.17. The first kappa shape index (κ1) is 23.3. The molecule has 4 aromatic rings. The van der Waals surface area contributed by atoms with Crippen molar-refractivity contribution in [1.29, 1.82) is 0 Å². The number of hydrogen-bond acceptors (Lipinski definition) is 8. The SMILES string of the molecule is CC(=O)N(c1nc(CSc2nnc(Nc3cccc(F)c3)s2)cs1)c1c(C)cc(C)cc1C. The number of halogens is 1. The van der Waals surface area contributed by atoms with Crippen molar-refractivity contribution in [2.24, 2.45) is 0 Å². The standard InChI is InChI=1S/C23H22FN5OS3/c1-13-8-14(2)20(15(3)9-13)29(16(4)30)22-26-19(11-31-22)12-32-23-28-27-21(33-23)25-18-7-5-6-17(24)10-18/h5-11H,12H2,1-4H3,(H,25,27). The van der Waals surface area contributed by atoms with Crippen LogP contribution in [0.15, 0.2) is 46.1 Å². The summed E-state index contributed by atoms with van der Waals surface area (Å²) in [6.45, 7) is 7.64. The molecular formula is C23H22FN5OS3. The molecule has 2 aromatic carbocycles. The fraction of sp³-hybridized carbons (Fsp3) is 0.217. The van der Waals surface area contributed by atoms with Gasteiger partial charge in [-0.15, -0.1) is 21.5 Å². The molecule has 0 saturated heterocycles. The minimum atomic E-state index is -0.311. The Balaban J connectivity index is 1.45. The van der Waals surface area contributed by atoms with Crippen LogP contribution < -0.4 is 10.2 Å². The zero-order chi connectivity index (χ0) is 23.5. The number of nitrogens with one attached hydrogen (secondary N) is 1. The zero-order valence-electron chi connectivity index (χ0n) is 18.5. The fourth-order valence-electron chi connectivity index (χ4n) is 3.52. The van der Waals surface area contributed by atoms with Gasteiger partial charge in [0.25, 0.3) is 0 Å². The van der Waals surface area contributed by atoms with Gasteiger partial charge in [0.15, 0.2) is 9.47 Å². The second kappa shape index (κ2) is 9.98. The van der Waals surface area contributed by atoms with E-state index in [1.165, 1.54) is 46.6 Å². The van der Waals surface area contributed by atoms with Crippen LogP contribution in [0.1, 0.15) is 29.3 Å². The highest BCUT2D eigenvalue weighted by molar-refractivity contribution is 8.00. The van der Waals surface area contributed by atoms with Crippen molar-refractivity contribution < 1.29 is 9.18 Å². The summed E-state index contributed by atoms with van der Waals surface area (Å²) >= 11 is 4.35. The first-order chi connectivity index (χ1) is 15.8. The number of amides is 1. The molecule has 0 unspecified atom stereocenters. The van der Waals surface area contributed by atoms with Gasteiger partial charge in [0.05, 0.1) is 11.4 Å². The van der Waals surface area contributed by atoms with Gasteiger partial charge in [0, 0.05) is 23.7 Å². The highest BCUT2D eigenvalue weighted by Gasteiger charge is 2.22. The van der Waals surface area contributed by atoms with Crippen molar-refractivity contribution >= 4 is 62.0 Å². The van der Waals surface area contributed by atoms with E-state index < -0.39 is 0 Å². The summed E-state index contributed by atoms with van der Waals surface area (Å²) in [5.41, 5.74) is 5.62. The molecule has 6 nitrogen and oxygen atoms in total. The van der Waals surface area contributed by atoms with E-state index in [1.54, 1.807) is 24.0 Å². The second-order valence-corrected chi connectivity index (χ2v) is 10.6. The Hall–Kier alpha value is -2.82. The van der Waals surface area contributed by atoms with E-state index in [4.69, 9.17) is 4.98 Å². The van der Waals surface area contributed by atoms with Crippen LogP contribution in [0.3, 0.4) is 0 Å². The van der Waals surface area contributed by atoms with Crippen LogP contribution in [-0.2, 0) is 10.5 Å². The average Bonchev–Trinajstić information content (AvgIpc) is 3.38. The molecule has 0 aliphatic rings. The number of nitrogens with zero attached hydrogens (tertiary/aromatic N) is 4. The number of rotatable bonds is 7. The van der Waals surface area contributed by atoms with Crippen LogP contribution in [-0.4, -0.2) is 21.1 Å². The number of thioether (sulfide) groups is 1. The second-order valence-electron chi connectivity index (χ2n) is 7.52.